The number of hydrogen-bond acceptors (Lipinski definition) is 9. The van der Waals surface area contributed by atoms with Crippen molar-refractivity contribution in [3.05, 3.63) is 35.4 Å². The maximum atomic E-state index is 16.5. The molecule has 3 aliphatic rings. The molecule has 0 saturated carbocycles. The molecule has 8 nitrogen and oxygen atoms in total. The van der Waals surface area contributed by atoms with Crippen molar-refractivity contribution in [2.75, 3.05) is 43.8 Å². The Hall–Kier alpha value is -3.43. The maximum absolute atomic E-state index is 16.5. The maximum Gasteiger partial charge on any atom is 0.417 e. The highest BCUT2D eigenvalue weighted by atomic mass is 32.1. The van der Waals surface area contributed by atoms with Crippen LogP contribution >= 0.6 is 11.3 Å². The number of halogens is 6. The van der Waals surface area contributed by atoms with Crippen molar-refractivity contribution in [2.24, 2.45) is 0 Å². The third-order valence-corrected chi connectivity index (χ3v) is 9.24. The SMILES string of the molecule is Nc1nc2c(-c3c(C(F)(F)F)cc4c(NC5CNC5)nc(OCC56CCCN5CC(F)C6)nc4c3F)ccc(F)c2s1. The molecule has 0 bridgehead atoms. The van der Waals surface area contributed by atoms with Crippen LogP contribution in [0, 0.1) is 11.6 Å². The Morgan fingerprint density at radius 2 is 1.98 bits per heavy atom. The number of hydrogen-bond donors (Lipinski definition) is 3. The highest BCUT2D eigenvalue weighted by Gasteiger charge is 2.49. The van der Waals surface area contributed by atoms with Crippen LogP contribution in [0.25, 0.3) is 32.2 Å². The Kier molecular flexibility index (Phi) is 6.40. The van der Waals surface area contributed by atoms with Crippen molar-refractivity contribution in [3.63, 3.8) is 0 Å². The Balaban J connectivity index is 1.40. The molecule has 15 heteroatoms. The molecule has 3 fully saturated rings. The molecule has 42 heavy (non-hydrogen) atoms. The summed E-state index contributed by atoms with van der Waals surface area (Å²) >= 11 is 0.752. The standard InChI is InChI=1S/C27H25F6N7OS/c28-12-7-26(4-1-5-40(26)10-12)11-41-25-38-20-15(23(39-25)36-13-8-35-9-13)6-16(27(31,32)33)18(19(20)30)14-2-3-17(29)22-21(14)37-24(34)42-22/h2-3,6,12-13,35H,1,4-5,7-11H2,(H2,34,37)(H,36,38,39). The second-order valence-electron chi connectivity index (χ2n) is 11.1. The summed E-state index contributed by atoms with van der Waals surface area (Å²) in [6.45, 7) is 2.14. The molecule has 7 rings (SSSR count). The minimum atomic E-state index is -4.99. The fourth-order valence-corrected chi connectivity index (χ4v) is 7.06. The van der Waals surface area contributed by atoms with E-state index in [1.807, 2.05) is 4.90 Å². The summed E-state index contributed by atoms with van der Waals surface area (Å²) < 4.78 is 94.7. The van der Waals surface area contributed by atoms with Crippen molar-refractivity contribution in [1.29, 1.82) is 0 Å². The summed E-state index contributed by atoms with van der Waals surface area (Å²) in [5, 5.41) is 5.86. The zero-order valence-electron chi connectivity index (χ0n) is 22.0. The average Bonchev–Trinajstić information content (AvgIpc) is 3.57. The summed E-state index contributed by atoms with van der Waals surface area (Å²) in [5.41, 5.74) is 2.21. The average molecular weight is 610 g/mol. The molecule has 2 aromatic heterocycles. The molecular weight excluding hydrogens is 584 g/mol. The summed E-state index contributed by atoms with van der Waals surface area (Å²) in [7, 11) is 0. The van der Waals surface area contributed by atoms with Gasteiger partial charge in [-0.05, 0) is 37.6 Å². The minimum Gasteiger partial charge on any atom is -0.461 e. The molecule has 0 amide bonds. The topological polar surface area (TPSA) is 101 Å². The predicted octanol–water partition coefficient (Wildman–Crippen LogP) is 5.12. The number of nitrogens with one attached hydrogen (secondary N) is 2. The van der Waals surface area contributed by atoms with E-state index in [-0.39, 0.29) is 57.2 Å². The number of nitrogens with zero attached hydrogens (tertiary/aromatic N) is 4. The lowest BCUT2D eigenvalue weighted by atomic mass is 9.95. The lowest BCUT2D eigenvalue weighted by molar-refractivity contribution is -0.137. The lowest BCUT2D eigenvalue weighted by Gasteiger charge is -2.31. The largest absolute Gasteiger partial charge is 0.461 e. The Labute approximate surface area is 239 Å². The molecule has 3 saturated heterocycles. The zero-order valence-corrected chi connectivity index (χ0v) is 22.8. The van der Waals surface area contributed by atoms with E-state index < -0.39 is 46.2 Å². The number of aromatic nitrogens is 3. The van der Waals surface area contributed by atoms with E-state index in [4.69, 9.17) is 10.5 Å². The van der Waals surface area contributed by atoms with Gasteiger partial charge in [0.1, 0.15) is 29.9 Å². The van der Waals surface area contributed by atoms with Crippen LogP contribution in [-0.2, 0) is 6.18 Å². The van der Waals surface area contributed by atoms with Gasteiger partial charge >= 0.3 is 12.2 Å². The monoisotopic (exact) mass is 609 g/mol. The molecule has 2 unspecified atom stereocenters. The van der Waals surface area contributed by atoms with Gasteiger partial charge in [-0.1, -0.05) is 11.3 Å². The van der Waals surface area contributed by atoms with Gasteiger partial charge in [0, 0.05) is 42.6 Å². The summed E-state index contributed by atoms with van der Waals surface area (Å²) in [6, 6.07) is 2.40. The number of ether oxygens (including phenoxy) is 1. The van der Waals surface area contributed by atoms with Crippen LogP contribution in [0.15, 0.2) is 18.2 Å². The van der Waals surface area contributed by atoms with Crippen LogP contribution in [-0.4, -0.2) is 70.4 Å². The van der Waals surface area contributed by atoms with Gasteiger partial charge in [0.05, 0.1) is 27.4 Å². The van der Waals surface area contributed by atoms with Crippen molar-refractivity contribution in [2.45, 2.75) is 43.2 Å². The molecule has 3 aliphatic heterocycles. The van der Waals surface area contributed by atoms with Crippen LogP contribution in [0.5, 0.6) is 6.01 Å². The number of rotatable bonds is 6. The first-order valence-corrected chi connectivity index (χ1v) is 14.3. The molecule has 5 heterocycles. The molecule has 2 atom stereocenters. The zero-order chi connectivity index (χ0) is 29.4. The number of nitrogen functional groups attached to an aromatic ring is 1. The first kappa shape index (κ1) is 27.4. The number of fused-ring (bicyclic) bond motifs is 3. The highest BCUT2D eigenvalue weighted by Crippen LogP contribution is 2.46. The van der Waals surface area contributed by atoms with E-state index >= 15 is 4.39 Å². The number of benzene rings is 2. The first-order chi connectivity index (χ1) is 20.0. The van der Waals surface area contributed by atoms with Gasteiger partial charge in [-0.2, -0.15) is 23.1 Å². The molecule has 0 radical (unpaired) electrons. The second kappa shape index (κ2) is 9.81. The van der Waals surface area contributed by atoms with Crippen molar-refractivity contribution >= 4 is 43.4 Å². The predicted molar refractivity (Wildman–Crippen MR) is 146 cm³/mol. The van der Waals surface area contributed by atoms with E-state index in [0.29, 0.717) is 26.1 Å². The number of anilines is 2. The first-order valence-electron chi connectivity index (χ1n) is 13.5. The van der Waals surface area contributed by atoms with Crippen LogP contribution in [0.2, 0.25) is 0 Å². The molecular formula is C27H25F6N7OS. The number of alkyl halides is 4. The van der Waals surface area contributed by atoms with E-state index in [2.05, 4.69) is 25.6 Å². The van der Waals surface area contributed by atoms with Gasteiger partial charge in [0.25, 0.3) is 0 Å². The Bertz CT molecular complexity index is 1710. The Morgan fingerprint density at radius 1 is 1.17 bits per heavy atom. The summed E-state index contributed by atoms with van der Waals surface area (Å²) in [6.07, 6.45) is -4.12. The van der Waals surface area contributed by atoms with Crippen molar-refractivity contribution in [1.82, 2.24) is 25.2 Å². The van der Waals surface area contributed by atoms with Gasteiger partial charge in [0.15, 0.2) is 10.9 Å². The van der Waals surface area contributed by atoms with Gasteiger partial charge in [-0.3, -0.25) is 4.90 Å². The smallest absolute Gasteiger partial charge is 0.417 e. The van der Waals surface area contributed by atoms with Crippen molar-refractivity contribution < 1.29 is 31.1 Å². The van der Waals surface area contributed by atoms with Crippen molar-refractivity contribution in [3.8, 4) is 17.1 Å². The van der Waals surface area contributed by atoms with Crippen LogP contribution < -0.4 is 21.1 Å². The molecule has 222 valence electrons. The van der Waals surface area contributed by atoms with E-state index in [1.165, 1.54) is 0 Å². The second-order valence-corrected chi connectivity index (χ2v) is 12.1. The third-order valence-electron chi connectivity index (χ3n) is 8.35. The summed E-state index contributed by atoms with van der Waals surface area (Å²) in [4.78, 5) is 14.6. The molecule has 0 spiro atoms. The fraction of sp³-hybridized carbons (Fsp3) is 0.444. The van der Waals surface area contributed by atoms with E-state index in [1.54, 1.807) is 0 Å². The summed E-state index contributed by atoms with van der Waals surface area (Å²) in [5.74, 6) is -2.04. The Morgan fingerprint density at radius 3 is 2.71 bits per heavy atom. The quantitative estimate of drug-likeness (QED) is 0.259. The third kappa shape index (κ3) is 4.48. The van der Waals surface area contributed by atoms with Gasteiger partial charge in [-0.15, -0.1) is 0 Å². The molecule has 2 aromatic carbocycles. The van der Waals surface area contributed by atoms with E-state index in [0.717, 1.165) is 42.5 Å². The number of nitrogens with two attached hydrogens (primary N) is 1. The molecule has 4 aromatic rings. The number of thiazole rings is 1. The van der Waals surface area contributed by atoms with Crippen LogP contribution in [0.3, 0.4) is 0 Å². The minimum absolute atomic E-state index is 0.0184. The molecule has 4 N–H and O–H groups in total. The van der Waals surface area contributed by atoms with Gasteiger partial charge in [-0.25, -0.2) is 18.2 Å². The highest BCUT2D eigenvalue weighted by molar-refractivity contribution is 7.22. The van der Waals surface area contributed by atoms with E-state index in [9.17, 15) is 22.0 Å². The lowest BCUT2D eigenvalue weighted by Crippen LogP contribution is -2.51. The van der Waals surface area contributed by atoms with Gasteiger partial charge < -0.3 is 21.1 Å². The normalized spacial score (nSPS) is 23.0. The van der Waals surface area contributed by atoms with Crippen LogP contribution in [0.4, 0.5) is 37.3 Å². The fourth-order valence-electron chi connectivity index (χ4n) is 6.29. The molecule has 0 aliphatic carbocycles. The van der Waals surface area contributed by atoms with Gasteiger partial charge in [0.2, 0.25) is 0 Å². The van der Waals surface area contributed by atoms with Crippen LogP contribution in [0.1, 0.15) is 24.8 Å².